The summed E-state index contributed by atoms with van der Waals surface area (Å²) in [6, 6.07) is 11.1. The van der Waals surface area contributed by atoms with Crippen LogP contribution in [0.25, 0.3) is 0 Å². The van der Waals surface area contributed by atoms with Crippen molar-refractivity contribution in [3.63, 3.8) is 0 Å². The van der Waals surface area contributed by atoms with Gasteiger partial charge in [-0.2, -0.15) is 10.7 Å². The molecular weight excluding hydrogens is 280 g/mol. The van der Waals surface area contributed by atoms with Crippen molar-refractivity contribution >= 4 is 30.3 Å². The van der Waals surface area contributed by atoms with Crippen molar-refractivity contribution < 1.29 is 0 Å². The summed E-state index contributed by atoms with van der Waals surface area (Å²) < 4.78 is 0. The molecule has 1 aliphatic rings. The maximum absolute atomic E-state index is 2.53. The van der Waals surface area contributed by atoms with Gasteiger partial charge in [0.15, 0.2) is 0 Å². The lowest BCUT2D eigenvalue weighted by Gasteiger charge is -2.34. The molecule has 0 saturated heterocycles. The fraction of sp³-hybridized carbons (Fsp3) is 0.375. The zero-order valence-corrected chi connectivity index (χ0v) is 15.3. The van der Waals surface area contributed by atoms with E-state index in [9.17, 15) is 0 Å². The molecule has 19 heavy (non-hydrogen) atoms. The van der Waals surface area contributed by atoms with E-state index in [2.05, 4.69) is 85.4 Å². The van der Waals surface area contributed by atoms with E-state index in [0.717, 1.165) is 0 Å². The fourth-order valence-corrected chi connectivity index (χ4v) is 25.7. The van der Waals surface area contributed by atoms with E-state index in [1.165, 1.54) is 12.8 Å². The van der Waals surface area contributed by atoms with Crippen LogP contribution < -0.4 is 5.19 Å². The van der Waals surface area contributed by atoms with E-state index >= 15 is 0 Å². The summed E-state index contributed by atoms with van der Waals surface area (Å²) in [5.41, 5.74) is 0. The van der Waals surface area contributed by atoms with Crippen molar-refractivity contribution in [2.75, 3.05) is 0 Å². The lowest BCUT2D eigenvalue weighted by molar-refractivity contribution is 1.01. The Morgan fingerprint density at radius 1 is 0.947 bits per heavy atom. The molecule has 1 aromatic carbocycles. The van der Waals surface area contributed by atoms with E-state index in [0.29, 0.717) is 0 Å². The molecule has 0 bridgehead atoms. The highest BCUT2D eigenvalue weighted by Gasteiger charge is 2.36. The average molecular weight is 305 g/mol. The highest BCUT2D eigenvalue weighted by Crippen LogP contribution is 2.38. The van der Waals surface area contributed by atoms with Gasteiger partial charge in [-0.05, 0) is 18.0 Å². The summed E-state index contributed by atoms with van der Waals surface area (Å²) >= 11 is 0. The predicted molar refractivity (Wildman–Crippen MR) is 95.1 cm³/mol. The highest BCUT2D eigenvalue weighted by atomic mass is 32.5. The van der Waals surface area contributed by atoms with Gasteiger partial charge < -0.3 is 0 Å². The molecule has 0 aliphatic heterocycles. The molecule has 2 rings (SSSR count). The molecule has 0 saturated carbocycles. The lowest BCUT2D eigenvalue weighted by Crippen LogP contribution is -2.44. The van der Waals surface area contributed by atoms with Crippen LogP contribution in [-0.4, -0.2) is 14.4 Å². The Kier molecular flexibility index (Phi) is 4.59. The molecule has 0 aromatic heterocycles. The number of rotatable bonds is 4. The smallest absolute Gasteiger partial charge is 0.135 e. The molecule has 0 heterocycles. The standard InChI is InChI=1S/C16H24SSi2/c1-18(2,15-11-7-5-8-12-15)17-19(3,4)16-13-9-6-10-14-16/h5-9,11-13H,10,14H2,1-4H3. The molecule has 1 aliphatic carbocycles. The second-order valence-corrected chi connectivity index (χ2v) is 22.2. The lowest BCUT2D eigenvalue weighted by atomic mass is 10.2. The van der Waals surface area contributed by atoms with Crippen LogP contribution in [0.3, 0.4) is 0 Å². The van der Waals surface area contributed by atoms with Gasteiger partial charge in [0.25, 0.3) is 0 Å². The number of hydrogen-bond donors (Lipinski definition) is 0. The molecule has 3 heteroatoms. The van der Waals surface area contributed by atoms with E-state index in [1.807, 2.05) is 0 Å². The fourth-order valence-electron chi connectivity index (χ4n) is 2.71. The largest absolute Gasteiger partial charge is 0.196 e. The van der Waals surface area contributed by atoms with E-state index < -0.39 is 14.4 Å². The Hall–Kier alpha value is -0.516. The van der Waals surface area contributed by atoms with Crippen LogP contribution in [0.15, 0.2) is 53.8 Å². The summed E-state index contributed by atoms with van der Waals surface area (Å²) in [7, 11) is -0.378. The summed E-state index contributed by atoms with van der Waals surface area (Å²) in [5.74, 6) is 0. The van der Waals surface area contributed by atoms with Crippen LogP contribution in [0.4, 0.5) is 0 Å². The zero-order chi connectivity index (χ0) is 13.9. The quantitative estimate of drug-likeness (QED) is 0.716. The number of benzene rings is 1. The van der Waals surface area contributed by atoms with Crippen molar-refractivity contribution in [1.29, 1.82) is 0 Å². The van der Waals surface area contributed by atoms with Gasteiger partial charge in [0, 0.05) is 0 Å². The Labute approximate surface area is 123 Å². The number of hydrogen-bond acceptors (Lipinski definition) is 1. The molecule has 102 valence electrons. The summed E-state index contributed by atoms with van der Waals surface area (Å²) in [4.78, 5) is 0. The highest BCUT2D eigenvalue weighted by molar-refractivity contribution is 8.51. The first kappa shape index (κ1) is 14.9. The van der Waals surface area contributed by atoms with Crippen LogP contribution >= 0.6 is 10.7 Å². The van der Waals surface area contributed by atoms with Gasteiger partial charge in [-0.1, -0.05) is 79.9 Å². The molecule has 0 radical (unpaired) electrons. The molecular formula is C16H24SSi2. The molecule has 1 aromatic rings. The van der Waals surface area contributed by atoms with Crippen LogP contribution in [0.2, 0.25) is 26.2 Å². The third-order valence-corrected chi connectivity index (χ3v) is 22.2. The van der Waals surface area contributed by atoms with Gasteiger partial charge in [0.1, 0.15) is 14.4 Å². The summed E-state index contributed by atoms with van der Waals surface area (Å²) in [6.07, 6.45) is 9.44. The van der Waals surface area contributed by atoms with Gasteiger partial charge >= 0.3 is 0 Å². The minimum atomic E-state index is -1.39. The minimum absolute atomic E-state index is 1.23. The topological polar surface area (TPSA) is 0 Å². The summed E-state index contributed by atoms with van der Waals surface area (Å²) in [6.45, 7) is 10.1. The zero-order valence-electron chi connectivity index (χ0n) is 12.4. The van der Waals surface area contributed by atoms with Crippen molar-refractivity contribution in [2.45, 2.75) is 39.0 Å². The number of allylic oxidation sites excluding steroid dienone is 4. The van der Waals surface area contributed by atoms with Gasteiger partial charge in [-0.15, -0.1) is 0 Å². The van der Waals surface area contributed by atoms with Gasteiger partial charge in [-0.25, -0.2) is 0 Å². The van der Waals surface area contributed by atoms with Crippen LogP contribution in [-0.2, 0) is 0 Å². The van der Waals surface area contributed by atoms with Crippen molar-refractivity contribution in [1.82, 2.24) is 0 Å². The second kappa shape index (κ2) is 5.86. The van der Waals surface area contributed by atoms with Gasteiger partial charge in [-0.3, -0.25) is 0 Å². The van der Waals surface area contributed by atoms with Crippen molar-refractivity contribution in [3.8, 4) is 0 Å². The SMILES string of the molecule is C[Si](C)(S[Si](C)(C)c1ccccc1)C1=CC=CCC1. The van der Waals surface area contributed by atoms with Gasteiger partial charge in [0.05, 0.1) is 0 Å². The van der Waals surface area contributed by atoms with Crippen molar-refractivity contribution in [3.05, 3.63) is 53.8 Å². The molecule has 0 N–H and O–H groups in total. The molecule has 0 spiro atoms. The molecule has 0 amide bonds. The normalized spacial score (nSPS) is 16.3. The minimum Gasteiger partial charge on any atom is -0.196 e. The van der Waals surface area contributed by atoms with E-state index in [1.54, 1.807) is 10.4 Å². The van der Waals surface area contributed by atoms with Crippen molar-refractivity contribution in [2.24, 2.45) is 0 Å². The van der Waals surface area contributed by atoms with Gasteiger partial charge in [0.2, 0.25) is 0 Å². The Bertz CT molecular complexity index is 487. The third-order valence-electron chi connectivity index (χ3n) is 3.77. The molecule has 0 nitrogen and oxygen atoms in total. The van der Waals surface area contributed by atoms with E-state index in [4.69, 9.17) is 0 Å². The average Bonchev–Trinajstić information content (AvgIpc) is 2.40. The first-order chi connectivity index (χ1) is 8.92. The maximum atomic E-state index is 2.53. The predicted octanol–water partition coefficient (Wildman–Crippen LogP) is 4.85. The van der Waals surface area contributed by atoms with Crippen LogP contribution in [0, 0.1) is 0 Å². The van der Waals surface area contributed by atoms with Crippen LogP contribution in [0.5, 0.6) is 0 Å². The molecule has 0 unspecified atom stereocenters. The Morgan fingerprint density at radius 2 is 1.63 bits per heavy atom. The summed E-state index contributed by atoms with van der Waals surface area (Å²) in [5, 5.41) is 3.31. The van der Waals surface area contributed by atoms with Crippen LogP contribution in [0.1, 0.15) is 12.8 Å². The third kappa shape index (κ3) is 3.74. The second-order valence-electron chi connectivity index (χ2n) is 6.15. The Morgan fingerprint density at radius 3 is 2.21 bits per heavy atom. The Balaban J connectivity index is 2.19. The molecule has 0 fully saturated rings. The first-order valence-electron chi connectivity index (χ1n) is 7.04. The maximum Gasteiger partial charge on any atom is 0.135 e. The first-order valence-corrected chi connectivity index (χ1v) is 15.3. The molecule has 0 atom stereocenters. The monoisotopic (exact) mass is 304 g/mol. The van der Waals surface area contributed by atoms with E-state index in [-0.39, 0.29) is 0 Å².